The van der Waals surface area contributed by atoms with E-state index >= 15 is 0 Å². The topological polar surface area (TPSA) is 143 Å². The van der Waals surface area contributed by atoms with Crippen molar-refractivity contribution in [2.75, 3.05) is 40.4 Å². The number of likely N-dealkylation sites (tertiary alicyclic amines) is 2. The second kappa shape index (κ2) is 19.6. The van der Waals surface area contributed by atoms with E-state index in [0.717, 1.165) is 80.5 Å². The largest absolute Gasteiger partial charge is 0.496 e. The lowest BCUT2D eigenvalue weighted by molar-refractivity contribution is 0.0661. The first-order chi connectivity index (χ1) is 34.0. The fourth-order valence-corrected chi connectivity index (χ4v) is 10.3. The average Bonchev–Trinajstić information content (AvgIpc) is 3.97. The second-order valence-electron chi connectivity index (χ2n) is 18.0. The molecule has 2 N–H and O–H groups in total. The highest BCUT2D eigenvalue weighted by molar-refractivity contribution is 6.42. The number of aryl methyl sites for hydroxylation is 1. The molecular weight excluding hydrogens is 926 g/mol. The van der Waals surface area contributed by atoms with Crippen LogP contribution in [0.4, 0.5) is 4.79 Å². The van der Waals surface area contributed by atoms with E-state index in [1.807, 2.05) is 65.6 Å². The summed E-state index contributed by atoms with van der Waals surface area (Å²) < 4.78 is 16.1. The van der Waals surface area contributed by atoms with E-state index in [1.54, 1.807) is 19.1 Å². The van der Waals surface area contributed by atoms with Gasteiger partial charge in [-0.2, -0.15) is 0 Å². The zero-order valence-electron chi connectivity index (χ0n) is 39.0. The van der Waals surface area contributed by atoms with Gasteiger partial charge in [-0.05, 0) is 104 Å². The monoisotopic (exact) mass is 975 g/mol. The fraction of sp³-hybridized carbons (Fsp3) is 0.255. The molecular formula is C55H51Cl2N7O6. The number of amides is 3. The number of aromatic nitrogens is 4. The molecule has 2 aliphatic heterocycles. The molecule has 4 aromatic carbocycles. The number of ether oxygens (including phenoxy) is 2. The van der Waals surface area contributed by atoms with Crippen molar-refractivity contribution in [1.82, 2.24) is 33.9 Å². The van der Waals surface area contributed by atoms with E-state index in [1.165, 1.54) is 17.7 Å². The molecule has 0 bridgehead atoms. The molecule has 0 spiro atoms. The standard InChI is InChI=1S/C55H51Cl2N7O6/c1-33-12-14-34(15-13-33)31-58-55(68)62-25-20-36(21-26-62)52-59-49(39-8-4-6-10-47(39)69-2)45-17-16-38(32-64(45)52)37-22-27-63-46(28-37)50(40-9-5-7-11-48(40)70-3)60-51(63)35-18-23-61(24-19-35)53(65)41-29-43(56)44(57)30-42(41)54(66)67/h4-17,22,27-30,32,35-36H,18-21,23-26,31H2,1-3H3,(H,58,68)(H,66,67). The number of rotatable bonds is 11. The number of carbonyl (C=O) groups is 3. The maximum atomic E-state index is 13.8. The first-order valence-electron chi connectivity index (χ1n) is 23.4. The Kier molecular flexibility index (Phi) is 13.0. The van der Waals surface area contributed by atoms with Crippen molar-refractivity contribution in [2.45, 2.75) is 51.0 Å². The van der Waals surface area contributed by atoms with Gasteiger partial charge in [-0.25, -0.2) is 19.6 Å². The zero-order chi connectivity index (χ0) is 48.6. The van der Waals surface area contributed by atoms with Crippen LogP contribution in [-0.2, 0) is 6.54 Å². The van der Waals surface area contributed by atoms with Gasteiger partial charge in [-0.15, -0.1) is 0 Å². The number of carbonyl (C=O) groups excluding carboxylic acids is 2. The van der Waals surface area contributed by atoms with Crippen LogP contribution in [-0.4, -0.2) is 92.0 Å². The van der Waals surface area contributed by atoms with Gasteiger partial charge in [-0.1, -0.05) is 83.4 Å². The number of pyridine rings is 2. The van der Waals surface area contributed by atoms with Crippen molar-refractivity contribution < 1.29 is 29.0 Å². The van der Waals surface area contributed by atoms with E-state index in [-0.39, 0.29) is 39.0 Å². The predicted molar refractivity (Wildman–Crippen MR) is 272 cm³/mol. The Bertz CT molecular complexity index is 3300. The number of methoxy groups -OCH3 is 2. The average molecular weight is 977 g/mol. The fourth-order valence-electron chi connectivity index (χ4n) is 9.97. The van der Waals surface area contributed by atoms with Crippen molar-refractivity contribution in [3.05, 3.63) is 166 Å². The van der Waals surface area contributed by atoms with E-state index in [4.69, 9.17) is 42.6 Å². The summed E-state index contributed by atoms with van der Waals surface area (Å²) in [6.45, 7) is 4.52. The third kappa shape index (κ3) is 8.91. The van der Waals surface area contributed by atoms with Crippen LogP contribution in [0.2, 0.25) is 10.0 Å². The van der Waals surface area contributed by atoms with Crippen LogP contribution in [0.1, 0.15) is 81.0 Å². The van der Waals surface area contributed by atoms with E-state index in [0.29, 0.717) is 51.3 Å². The van der Waals surface area contributed by atoms with Gasteiger partial charge < -0.3 is 38.5 Å². The van der Waals surface area contributed by atoms with Crippen LogP contribution < -0.4 is 14.8 Å². The summed E-state index contributed by atoms with van der Waals surface area (Å²) in [5.74, 6) is 1.65. The molecule has 3 amide bonds. The summed E-state index contributed by atoms with van der Waals surface area (Å²) in [5, 5.41) is 13.2. The zero-order valence-corrected chi connectivity index (χ0v) is 40.5. The number of urea groups is 1. The minimum Gasteiger partial charge on any atom is -0.496 e. The molecule has 8 aromatic rings. The number of imidazole rings is 2. The number of carboxylic acid groups (broad SMARTS) is 1. The summed E-state index contributed by atoms with van der Waals surface area (Å²) in [4.78, 5) is 53.5. The Morgan fingerprint density at radius 3 is 1.81 bits per heavy atom. The van der Waals surface area contributed by atoms with Crippen molar-refractivity contribution in [1.29, 1.82) is 0 Å². The minimum atomic E-state index is -1.25. The Morgan fingerprint density at radius 1 is 0.657 bits per heavy atom. The quantitative estimate of drug-likeness (QED) is 0.130. The number of fused-ring (bicyclic) bond motifs is 2. The van der Waals surface area contributed by atoms with E-state index < -0.39 is 11.9 Å². The molecule has 0 saturated carbocycles. The summed E-state index contributed by atoms with van der Waals surface area (Å²) in [6, 6.07) is 35.0. The predicted octanol–water partition coefficient (Wildman–Crippen LogP) is 11.4. The molecule has 70 heavy (non-hydrogen) atoms. The van der Waals surface area contributed by atoms with Crippen molar-refractivity contribution in [3.63, 3.8) is 0 Å². The Balaban J connectivity index is 0.976. The molecule has 0 aliphatic carbocycles. The van der Waals surface area contributed by atoms with Gasteiger partial charge in [0.2, 0.25) is 0 Å². The van der Waals surface area contributed by atoms with Crippen LogP contribution in [0.15, 0.2) is 122 Å². The lowest BCUT2D eigenvalue weighted by atomic mass is 9.95. The maximum Gasteiger partial charge on any atom is 0.336 e. The number of para-hydroxylation sites is 2. The Morgan fingerprint density at radius 2 is 1.21 bits per heavy atom. The molecule has 2 saturated heterocycles. The number of aromatic carboxylic acids is 1. The van der Waals surface area contributed by atoms with Gasteiger partial charge in [-0.3, -0.25) is 4.79 Å². The molecule has 356 valence electrons. The summed E-state index contributed by atoms with van der Waals surface area (Å²) in [5.41, 5.74) is 9.23. The molecule has 0 radical (unpaired) electrons. The number of hydrogen-bond donors (Lipinski definition) is 2. The number of carboxylic acids is 1. The maximum absolute atomic E-state index is 13.8. The number of hydrogen-bond acceptors (Lipinski definition) is 7. The SMILES string of the molecule is COc1ccccc1-c1nc(C2CCN(C(=O)NCc3ccc(C)cc3)CC2)n2cc(-c3ccn4c(C5CCN(C(=O)c6cc(Cl)c(Cl)cc6C(=O)O)CC5)nc(-c5ccccc5OC)c4c3)ccc12. The molecule has 2 fully saturated rings. The molecule has 6 heterocycles. The van der Waals surface area contributed by atoms with Gasteiger partial charge in [0.25, 0.3) is 5.91 Å². The van der Waals surface area contributed by atoms with Gasteiger partial charge in [0.1, 0.15) is 34.5 Å². The Hall–Kier alpha value is -7.35. The summed E-state index contributed by atoms with van der Waals surface area (Å²) in [7, 11) is 3.33. The lowest BCUT2D eigenvalue weighted by Crippen LogP contribution is -2.44. The van der Waals surface area contributed by atoms with Crippen LogP contribution in [0, 0.1) is 6.92 Å². The van der Waals surface area contributed by atoms with Crippen LogP contribution in [0.25, 0.3) is 44.7 Å². The number of nitrogens with one attached hydrogen (secondary N) is 1. The highest BCUT2D eigenvalue weighted by Crippen LogP contribution is 2.41. The van der Waals surface area contributed by atoms with Crippen molar-refractivity contribution in [3.8, 4) is 45.1 Å². The first-order valence-corrected chi connectivity index (χ1v) is 24.2. The third-order valence-corrected chi connectivity index (χ3v) is 14.5. The molecule has 15 heteroatoms. The molecule has 0 atom stereocenters. The smallest absolute Gasteiger partial charge is 0.336 e. The number of benzene rings is 4. The minimum absolute atomic E-state index is 0.00855. The normalized spacial score (nSPS) is 14.6. The second-order valence-corrected chi connectivity index (χ2v) is 18.8. The number of nitrogens with zero attached hydrogens (tertiary/aromatic N) is 6. The third-order valence-electron chi connectivity index (χ3n) is 13.8. The van der Waals surface area contributed by atoms with E-state index in [9.17, 15) is 19.5 Å². The van der Waals surface area contributed by atoms with Crippen molar-refractivity contribution in [2.24, 2.45) is 0 Å². The van der Waals surface area contributed by atoms with Gasteiger partial charge in [0.15, 0.2) is 0 Å². The highest BCUT2D eigenvalue weighted by atomic mass is 35.5. The summed E-state index contributed by atoms with van der Waals surface area (Å²) >= 11 is 12.4. The van der Waals surface area contributed by atoms with Crippen LogP contribution >= 0.6 is 23.2 Å². The van der Waals surface area contributed by atoms with Gasteiger partial charge in [0.05, 0.1) is 46.4 Å². The molecule has 13 nitrogen and oxygen atoms in total. The number of piperidine rings is 2. The van der Waals surface area contributed by atoms with Gasteiger partial charge >= 0.3 is 12.0 Å². The highest BCUT2D eigenvalue weighted by Gasteiger charge is 2.32. The molecule has 10 rings (SSSR count). The van der Waals surface area contributed by atoms with Crippen LogP contribution in [0.5, 0.6) is 11.5 Å². The van der Waals surface area contributed by atoms with Crippen LogP contribution in [0.3, 0.4) is 0 Å². The first kappa shape index (κ1) is 46.4. The lowest BCUT2D eigenvalue weighted by Gasteiger charge is -2.32. The van der Waals surface area contributed by atoms with Gasteiger partial charge in [0, 0.05) is 68.1 Å². The Labute approximate surface area is 415 Å². The summed E-state index contributed by atoms with van der Waals surface area (Å²) in [6.07, 6.45) is 6.95. The molecule has 0 unspecified atom stereocenters. The number of halogens is 2. The molecule has 4 aromatic heterocycles. The van der Waals surface area contributed by atoms with E-state index in [2.05, 4.69) is 69.8 Å². The van der Waals surface area contributed by atoms with Crippen molar-refractivity contribution >= 4 is 52.1 Å². The molecule has 2 aliphatic rings.